The molecule has 2 fully saturated rings. The number of nitrogens with one attached hydrogen (secondary N) is 2. The van der Waals surface area contributed by atoms with Gasteiger partial charge >= 0.3 is 0 Å². The van der Waals surface area contributed by atoms with Crippen LogP contribution in [-0.4, -0.2) is 58.8 Å². The van der Waals surface area contributed by atoms with E-state index in [9.17, 15) is 14.4 Å². The van der Waals surface area contributed by atoms with E-state index in [1.807, 2.05) is 18.2 Å². The summed E-state index contributed by atoms with van der Waals surface area (Å²) in [5.41, 5.74) is 3.75. The Morgan fingerprint density at radius 1 is 1.03 bits per heavy atom. The van der Waals surface area contributed by atoms with Crippen LogP contribution in [0.15, 0.2) is 42.5 Å². The summed E-state index contributed by atoms with van der Waals surface area (Å²) in [5, 5.41) is 5.93. The van der Waals surface area contributed by atoms with Crippen molar-refractivity contribution in [2.24, 2.45) is 0 Å². The Bertz CT molecular complexity index is 1190. The average Bonchev–Trinajstić information content (AvgIpc) is 3.06. The van der Waals surface area contributed by atoms with Gasteiger partial charge in [-0.3, -0.25) is 24.6 Å². The van der Waals surface area contributed by atoms with Crippen LogP contribution in [0.5, 0.6) is 5.75 Å². The highest BCUT2D eigenvalue weighted by atomic mass is 16.5. The van der Waals surface area contributed by atoms with Gasteiger partial charge in [0.05, 0.1) is 0 Å². The van der Waals surface area contributed by atoms with Gasteiger partial charge in [0.1, 0.15) is 17.4 Å². The molecule has 182 valence electrons. The molecule has 1 unspecified atom stereocenters. The Balaban J connectivity index is 1.10. The molecule has 2 N–H and O–H groups in total. The molecule has 6 rings (SSSR count). The smallest absolute Gasteiger partial charge is 0.255 e. The van der Waals surface area contributed by atoms with E-state index in [2.05, 4.69) is 39.8 Å². The molecule has 2 saturated heterocycles. The Morgan fingerprint density at radius 3 is 2.69 bits per heavy atom. The summed E-state index contributed by atoms with van der Waals surface area (Å²) in [5.74, 6) is 0.229. The highest BCUT2D eigenvalue weighted by Gasteiger charge is 2.40. The standard InChI is InChI=1S/C27H30N4O4/c32-24-8-7-22(25(33)29-24)31-16-20-6-5-18(13-21(20)26(31)34)15-30-11-9-27(10-12-30)17-28-14-19-3-1-2-4-23(19)35-27/h1-6,13,22,28H,7-12,14-17H2,(H,29,32,33). The fourth-order valence-corrected chi connectivity index (χ4v) is 5.80. The molecule has 4 aliphatic rings. The number of fused-ring (bicyclic) bond motifs is 2. The van der Waals surface area contributed by atoms with Crippen LogP contribution < -0.4 is 15.4 Å². The number of carbonyl (C=O) groups excluding carboxylic acids is 3. The lowest BCUT2D eigenvalue weighted by molar-refractivity contribution is -0.136. The van der Waals surface area contributed by atoms with Gasteiger partial charge in [0, 0.05) is 69.7 Å². The Labute approximate surface area is 204 Å². The van der Waals surface area contributed by atoms with Crippen LogP contribution in [0.1, 0.15) is 52.7 Å². The van der Waals surface area contributed by atoms with Gasteiger partial charge in [0.15, 0.2) is 0 Å². The highest BCUT2D eigenvalue weighted by Crippen LogP contribution is 2.34. The number of ether oxygens (including phenoxy) is 1. The second-order valence-electron chi connectivity index (χ2n) is 10.2. The molecule has 0 radical (unpaired) electrons. The number of para-hydroxylation sites is 1. The molecule has 8 nitrogen and oxygen atoms in total. The summed E-state index contributed by atoms with van der Waals surface area (Å²) < 4.78 is 6.55. The summed E-state index contributed by atoms with van der Waals surface area (Å²) in [6, 6.07) is 13.8. The minimum absolute atomic E-state index is 0.120. The first-order chi connectivity index (χ1) is 17.0. The number of imide groups is 1. The van der Waals surface area contributed by atoms with E-state index in [1.54, 1.807) is 4.90 Å². The predicted octanol–water partition coefficient (Wildman–Crippen LogP) is 1.96. The lowest BCUT2D eigenvalue weighted by Crippen LogP contribution is -2.52. The second-order valence-corrected chi connectivity index (χ2v) is 10.2. The van der Waals surface area contributed by atoms with Crippen molar-refractivity contribution in [3.05, 3.63) is 64.7 Å². The number of piperidine rings is 2. The topological polar surface area (TPSA) is 91.0 Å². The van der Waals surface area contributed by atoms with Gasteiger partial charge in [-0.15, -0.1) is 0 Å². The average molecular weight is 475 g/mol. The predicted molar refractivity (Wildman–Crippen MR) is 129 cm³/mol. The van der Waals surface area contributed by atoms with Crippen LogP contribution in [-0.2, 0) is 29.2 Å². The third-order valence-electron chi connectivity index (χ3n) is 7.83. The van der Waals surface area contributed by atoms with Gasteiger partial charge < -0.3 is 15.0 Å². The summed E-state index contributed by atoms with van der Waals surface area (Å²) >= 11 is 0. The zero-order chi connectivity index (χ0) is 24.0. The number of likely N-dealkylation sites (tertiary alicyclic amines) is 1. The molecule has 2 aromatic rings. The van der Waals surface area contributed by atoms with Crippen LogP contribution in [0.3, 0.4) is 0 Å². The molecule has 0 aromatic heterocycles. The first-order valence-electron chi connectivity index (χ1n) is 12.5. The molecular formula is C27H30N4O4. The van der Waals surface area contributed by atoms with Crippen molar-refractivity contribution in [2.75, 3.05) is 19.6 Å². The summed E-state index contributed by atoms with van der Waals surface area (Å²) in [6.07, 6.45) is 2.54. The van der Waals surface area contributed by atoms with Crippen molar-refractivity contribution in [1.82, 2.24) is 20.4 Å². The fraction of sp³-hybridized carbons (Fsp3) is 0.444. The number of nitrogens with zero attached hydrogens (tertiary/aromatic N) is 2. The summed E-state index contributed by atoms with van der Waals surface area (Å²) in [6.45, 7) is 4.73. The zero-order valence-corrected chi connectivity index (χ0v) is 19.7. The first-order valence-corrected chi connectivity index (χ1v) is 12.5. The summed E-state index contributed by atoms with van der Waals surface area (Å²) in [4.78, 5) is 40.9. The largest absolute Gasteiger partial charge is 0.486 e. The molecule has 35 heavy (non-hydrogen) atoms. The van der Waals surface area contributed by atoms with E-state index in [0.717, 1.165) is 62.4 Å². The fourth-order valence-electron chi connectivity index (χ4n) is 5.80. The highest BCUT2D eigenvalue weighted by molar-refractivity contribution is 6.05. The molecular weight excluding hydrogens is 444 g/mol. The lowest BCUT2D eigenvalue weighted by atomic mass is 9.90. The van der Waals surface area contributed by atoms with Crippen LogP contribution >= 0.6 is 0 Å². The monoisotopic (exact) mass is 474 g/mol. The van der Waals surface area contributed by atoms with Crippen molar-refractivity contribution in [2.45, 2.75) is 57.0 Å². The lowest BCUT2D eigenvalue weighted by Gasteiger charge is -2.41. The number of carbonyl (C=O) groups is 3. The normalized spacial score (nSPS) is 23.9. The number of hydrogen-bond donors (Lipinski definition) is 2. The molecule has 0 saturated carbocycles. The van der Waals surface area contributed by atoms with Gasteiger partial charge in [-0.25, -0.2) is 0 Å². The van der Waals surface area contributed by atoms with E-state index < -0.39 is 6.04 Å². The quantitative estimate of drug-likeness (QED) is 0.661. The molecule has 3 amide bonds. The van der Waals surface area contributed by atoms with Crippen molar-refractivity contribution in [1.29, 1.82) is 0 Å². The number of benzene rings is 2. The third kappa shape index (κ3) is 4.21. The van der Waals surface area contributed by atoms with Crippen LogP contribution in [0, 0.1) is 0 Å². The number of amides is 3. The Morgan fingerprint density at radius 2 is 1.86 bits per heavy atom. The molecule has 8 heteroatoms. The minimum atomic E-state index is -0.576. The maximum atomic E-state index is 13.1. The summed E-state index contributed by atoms with van der Waals surface area (Å²) in [7, 11) is 0. The molecule has 1 atom stereocenters. The van der Waals surface area contributed by atoms with E-state index in [-0.39, 0.29) is 29.7 Å². The Hall–Kier alpha value is -3.23. The second kappa shape index (κ2) is 8.77. The molecule has 4 heterocycles. The van der Waals surface area contributed by atoms with Gasteiger partial charge in [0.25, 0.3) is 5.91 Å². The van der Waals surface area contributed by atoms with Crippen molar-refractivity contribution in [3.8, 4) is 5.75 Å². The minimum Gasteiger partial charge on any atom is -0.486 e. The van der Waals surface area contributed by atoms with E-state index in [4.69, 9.17) is 4.74 Å². The first kappa shape index (κ1) is 22.2. The molecule has 1 spiro atoms. The number of rotatable bonds is 3. The van der Waals surface area contributed by atoms with Crippen LogP contribution in [0.25, 0.3) is 0 Å². The van der Waals surface area contributed by atoms with Crippen LogP contribution in [0.2, 0.25) is 0 Å². The van der Waals surface area contributed by atoms with Crippen molar-refractivity contribution < 1.29 is 19.1 Å². The van der Waals surface area contributed by atoms with E-state index in [1.165, 1.54) is 5.56 Å². The van der Waals surface area contributed by atoms with Gasteiger partial charge in [-0.2, -0.15) is 0 Å². The van der Waals surface area contributed by atoms with E-state index >= 15 is 0 Å². The zero-order valence-electron chi connectivity index (χ0n) is 19.7. The van der Waals surface area contributed by atoms with E-state index in [0.29, 0.717) is 18.5 Å². The van der Waals surface area contributed by atoms with Gasteiger partial charge in [0.2, 0.25) is 11.8 Å². The van der Waals surface area contributed by atoms with Crippen LogP contribution in [0.4, 0.5) is 0 Å². The molecule has 0 aliphatic carbocycles. The van der Waals surface area contributed by atoms with Crippen molar-refractivity contribution >= 4 is 17.7 Å². The van der Waals surface area contributed by atoms with Gasteiger partial charge in [-0.1, -0.05) is 30.3 Å². The van der Waals surface area contributed by atoms with Gasteiger partial charge in [-0.05, 0) is 29.7 Å². The maximum Gasteiger partial charge on any atom is 0.255 e. The maximum absolute atomic E-state index is 13.1. The number of hydrogen-bond acceptors (Lipinski definition) is 6. The SMILES string of the molecule is O=C1CCC(N2Cc3ccc(CN4CCC5(CC4)CNCc4ccccc4O5)cc3C2=O)C(=O)N1. The molecule has 2 aromatic carbocycles. The molecule has 0 bridgehead atoms. The van der Waals surface area contributed by atoms with Crippen molar-refractivity contribution in [3.63, 3.8) is 0 Å². The Kier molecular flexibility index (Phi) is 5.57. The third-order valence-corrected chi connectivity index (χ3v) is 7.83. The molecule has 4 aliphatic heterocycles.